The van der Waals surface area contributed by atoms with Crippen LogP contribution in [0.5, 0.6) is 5.75 Å². The van der Waals surface area contributed by atoms with Crippen LogP contribution in [0.15, 0.2) is 28.8 Å². The summed E-state index contributed by atoms with van der Waals surface area (Å²) in [6.45, 7) is 3.87. The minimum Gasteiger partial charge on any atom is -0.496 e. The van der Waals surface area contributed by atoms with E-state index < -0.39 is 0 Å². The Kier molecular flexibility index (Phi) is 5.12. The third-order valence-electron chi connectivity index (χ3n) is 2.94. The van der Waals surface area contributed by atoms with Crippen LogP contribution in [0.3, 0.4) is 0 Å². The summed E-state index contributed by atoms with van der Waals surface area (Å²) in [6, 6.07) is 4.68. The van der Waals surface area contributed by atoms with Crippen LogP contribution in [0.2, 0.25) is 0 Å². The highest BCUT2D eigenvalue weighted by molar-refractivity contribution is 5.65. The van der Waals surface area contributed by atoms with Crippen molar-refractivity contribution in [3.63, 3.8) is 0 Å². The highest BCUT2D eigenvalue weighted by Crippen LogP contribution is 2.32. The first-order valence-electron chi connectivity index (χ1n) is 6.74. The summed E-state index contributed by atoms with van der Waals surface area (Å²) in [5.41, 5.74) is 0.315. The fourth-order valence-electron chi connectivity index (χ4n) is 1.95. The molecule has 0 spiro atoms. The predicted octanol–water partition coefficient (Wildman–Crippen LogP) is 3.03. The minimum absolute atomic E-state index is 0.315. The van der Waals surface area contributed by atoms with Crippen LogP contribution < -0.4 is 10.1 Å². The van der Waals surface area contributed by atoms with E-state index in [1.165, 1.54) is 19.4 Å². The Balaban J connectivity index is 2.12. The zero-order valence-electron chi connectivity index (χ0n) is 11.8. The second kappa shape index (κ2) is 7.05. The Morgan fingerprint density at radius 1 is 1.35 bits per heavy atom. The molecule has 0 aliphatic heterocycles. The molecule has 1 N–H and O–H groups in total. The lowest BCUT2D eigenvalue weighted by atomic mass is 10.1. The van der Waals surface area contributed by atoms with Crippen LogP contribution in [0, 0.1) is 5.82 Å². The molecule has 0 aliphatic rings. The summed E-state index contributed by atoms with van der Waals surface area (Å²) in [6.07, 6.45) is 3.30. The van der Waals surface area contributed by atoms with Crippen molar-refractivity contribution in [3.05, 3.63) is 36.1 Å². The van der Waals surface area contributed by atoms with Crippen LogP contribution in [-0.4, -0.2) is 25.2 Å². The zero-order chi connectivity index (χ0) is 14.4. The lowest BCUT2D eigenvalue weighted by molar-refractivity contribution is 0.410. The zero-order valence-corrected chi connectivity index (χ0v) is 11.8. The fraction of sp³-hybridized carbons (Fsp3) is 0.400. The van der Waals surface area contributed by atoms with Gasteiger partial charge in [0.1, 0.15) is 11.6 Å². The molecule has 5 heteroatoms. The maximum atomic E-state index is 13.9. The topological polar surface area (TPSA) is 47.3 Å². The first-order chi connectivity index (χ1) is 9.76. The molecule has 0 saturated carbocycles. The summed E-state index contributed by atoms with van der Waals surface area (Å²) in [5, 5.41) is 3.27. The van der Waals surface area contributed by atoms with E-state index in [0.29, 0.717) is 29.4 Å². The van der Waals surface area contributed by atoms with E-state index in [-0.39, 0.29) is 5.82 Å². The number of methoxy groups -OCH3 is 1. The van der Waals surface area contributed by atoms with Crippen LogP contribution in [0.4, 0.5) is 4.39 Å². The standard InChI is InChI=1S/C15H19FN2O2/c1-3-8-17-9-7-14-18-10-13(20-14)15-11(16)5-4-6-12(15)19-2/h4-6,10,17H,3,7-9H2,1-2H3. The summed E-state index contributed by atoms with van der Waals surface area (Å²) in [4.78, 5) is 4.18. The van der Waals surface area contributed by atoms with Crippen molar-refractivity contribution in [1.29, 1.82) is 0 Å². The molecule has 20 heavy (non-hydrogen) atoms. The third kappa shape index (κ3) is 3.36. The van der Waals surface area contributed by atoms with Gasteiger partial charge in [-0.15, -0.1) is 0 Å². The van der Waals surface area contributed by atoms with E-state index in [1.54, 1.807) is 12.1 Å². The Hall–Kier alpha value is -1.88. The van der Waals surface area contributed by atoms with Gasteiger partial charge in [0, 0.05) is 13.0 Å². The van der Waals surface area contributed by atoms with Gasteiger partial charge in [0.15, 0.2) is 11.7 Å². The fourth-order valence-corrected chi connectivity index (χ4v) is 1.95. The first-order valence-corrected chi connectivity index (χ1v) is 6.74. The first kappa shape index (κ1) is 14.5. The number of nitrogens with one attached hydrogen (secondary N) is 1. The van der Waals surface area contributed by atoms with Gasteiger partial charge in [0.25, 0.3) is 0 Å². The van der Waals surface area contributed by atoms with Gasteiger partial charge in [-0.05, 0) is 25.1 Å². The van der Waals surface area contributed by atoms with E-state index in [4.69, 9.17) is 9.15 Å². The molecule has 0 aliphatic carbocycles. The Bertz CT molecular complexity index is 555. The molecule has 2 aromatic rings. The van der Waals surface area contributed by atoms with Crippen molar-refractivity contribution in [1.82, 2.24) is 10.3 Å². The highest BCUT2D eigenvalue weighted by Gasteiger charge is 2.16. The minimum atomic E-state index is -0.379. The monoisotopic (exact) mass is 278 g/mol. The van der Waals surface area contributed by atoms with Crippen LogP contribution >= 0.6 is 0 Å². The molecule has 0 radical (unpaired) electrons. The number of nitrogens with zero attached hydrogens (tertiary/aromatic N) is 1. The number of halogens is 1. The van der Waals surface area contributed by atoms with Crippen molar-refractivity contribution in [2.75, 3.05) is 20.2 Å². The molecule has 1 aromatic heterocycles. The molecule has 0 bridgehead atoms. The molecule has 2 rings (SSSR count). The van der Waals surface area contributed by atoms with Gasteiger partial charge in [-0.2, -0.15) is 0 Å². The van der Waals surface area contributed by atoms with Crippen molar-refractivity contribution < 1.29 is 13.5 Å². The largest absolute Gasteiger partial charge is 0.496 e. The third-order valence-corrected chi connectivity index (χ3v) is 2.94. The van der Waals surface area contributed by atoms with Gasteiger partial charge < -0.3 is 14.5 Å². The summed E-state index contributed by atoms with van der Waals surface area (Å²) < 4.78 is 24.7. The Morgan fingerprint density at radius 3 is 2.95 bits per heavy atom. The molecular weight excluding hydrogens is 259 g/mol. The van der Waals surface area contributed by atoms with Gasteiger partial charge in [0.2, 0.25) is 0 Å². The molecule has 0 fully saturated rings. The molecule has 0 unspecified atom stereocenters. The summed E-state index contributed by atoms with van der Waals surface area (Å²) >= 11 is 0. The van der Waals surface area contributed by atoms with E-state index >= 15 is 0 Å². The maximum Gasteiger partial charge on any atom is 0.196 e. The van der Waals surface area contributed by atoms with Gasteiger partial charge >= 0.3 is 0 Å². The molecular formula is C15H19FN2O2. The predicted molar refractivity (Wildman–Crippen MR) is 75.3 cm³/mol. The average Bonchev–Trinajstić information content (AvgIpc) is 2.91. The lowest BCUT2D eigenvalue weighted by Gasteiger charge is -2.06. The second-order valence-electron chi connectivity index (χ2n) is 4.44. The lowest BCUT2D eigenvalue weighted by Crippen LogP contribution is -2.17. The van der Waals surface area contributed by atoms with E-state index in [0.717, 1.165) is 19.5 Å². The van der Waals surface area contributed by atoms with Gasteiger partial charge in [-0.25, -0.2) is 9.37 Å². The molecule has 4 nitrogen and oxygen atoms in total. The molecule has 1 heterocycles. The van der Waals surface area contributed by atoms with Gasteiger partial charge in [-0.1, -0.05) is 13.0 Å². The Morgan fingerprint density at radius 2 is 2.20 bits per heavy atom. The van der Waals surface area contributed by atoms with Crippen molar-refractivity contribution in [2.24, 2.45) is 0 Å². The molecule has 0 atom stereocenters. The molecule has 108 valence electrons. The quantitative estimate of drug-likeness (QED) is 0.791. The van der Waals surface area contributed by atoms with Gasteiger partial charge in [0.05, 0.1) is 18.9 Å². The molecule has 0 saturated heterocycles. The van der Waals surface area contributed by atoms with Crippen molar-refractivity contribution in [3.8, 4) is 17.1 Å². The molecule has 1 aromatic carbocycles. The van der Waals surface area contributed by atoms with Crippen molar-refractivity contribution in [2.45, 2.75) is 19.8 Å². The van der Waals surface area contributed by atoms with E-state index in [2.05, 4.69) is 17.2 Å². The Labute approximate surface area is 118 Å². The van der Waals surface area contributed by atoms with E-state index in [1.807, 2.05) is 0 Å². The number of benzene rings is 1. The number of hydrogen-bond acceptors (Lipinski definition) is 4. The van der Waals surface area contributed by atoms with E-state index in [9.17, 15) is 4.39 Å². The number of hydrogen-bond donors (Lipinski definition) is 1. The van der Waals surface area contributed by atoms with Gasteiger partial charge in [-0.3, -0.25) is 0 Å². The average molecular weight is 278 g/mol. The van der Waals surface area contributed by atoms with Crippen molar-refractivity contribution >= 4 is 0 Å². The highest BCUT2D eigenvalue weighted by atomic mass is 19.1. The number of aromatic nitrogens is 1. The number of ether oxygens (including phenoxy) is 1. The summed E-state index contributed by atoms with van der Waals surface area (Å²) in [5.74, 6) is 1.05. The number of rotatable bonds is 7. The normalized spacial score (nSPS) is 10.8. The smallest absolute Gasteiger partial charge is 0.196 e. The molecule has 0 amide bonds. The maximum absolute atomic E-state index is 13.9. The summed E-state index contributed by atoms with van der Waals surface area (Å²) in [7, 11) is 1.50. The second-order valence-corrected chi connectivity index (χ2v) is 4.44. The SMILES string of the molecule is CCCNCCc1ncc(-c2c(F)cccc2OC)o1. The van der Waals surface area contributed by atoms with Crippen LogP contribution in [-0.2, 0) is 6.42 Å². The van der Waals surface area contributed by atoms with Crippen LogP contribution in [0.25, 0.3) is 11.3 Å². The number of oxazole rings is 1. The van der Waals surface area contributed by atoms with Crippen LogP contribution in [0.1, 0.15) is 19.2 Å².